The molecule has 0 aliphatic carbocycles. The number of carbonyl (C=O) groups excluding carboxylic acids is 1. The third kappa shape index (κ3) is 4.58. The number of aromatic nitrogens is 2. The summed E-state index contributed by atoms with van der Waals surface area (Å²) in [5.74, 6) is 0.685. The Balaban J connectivity index is 1.79. The average Bonchev–Trinajstić information content (AvgIpc) is 2.71. The molecule has 0 saturated carbocycles. The molecule has 1 heterocycles. The predicted molar refractivity (Wildman–Crippen MR) is 110 cm³/mol. The maximum absolute atomic E-state index is 12.7. The lowest BCUT2D eigenvalue weighted by atomic mass is 10.2. The molecular weight excluding hydrogens is 376 g/mol. The van der Waals surface area contributed by atoms with Crippen molar-refractivity contribution in [3.05, 3.63) is 76.6 Å². The molecule has 28 heavy (non-hydrogen) atoms. The van der Waals surface area contributed by atoms with Crippen LogP contribution in [-0.2, 0) is 6.54 Å². The standard InChI is InChI=1S/C21H21ClN4O2/c1-14-11-18(19(28-3)12-16(14)22)25-21-23-10-9-17(24-21)20(27)26(2)13-15-7-5-4-6-8-15/h4-12H,13H2,1-3H3,(H,23,24,25). The SMILES string of the molecule is COc1cc(Cl)c(C)cc1Nc1nccc(C(=O)N(C)Cc2ccccc2)n1. The molecule has 3 rings (SSSR count). The second-order valence-corrected chi connectivity index (χ2v) is 6.75. The molecule has 0 fully saturated rings. The molecule has 3 aromatic rings. The molecule has 0 radical (unpaired) electrons. The highest BCUT2D eigenvalue weighted by Crippen LogP contribution is 2.32. The monoisotopic (exact) mass is 396 g/mol. The Kier molecular flexibility index (Phi) is 6.11. The first kappa shape index (κ1) is 19.6. The number of hydrogen-bond donors (Lipinski definition) is 1. The first-order chi connectivity index (χ1) is 13.5. The number of methoxy groups -OCH3 is 1. The summed E-state index contributed by atoms with van der Waals surface area (Å²) in [6.45, 7) is 2.39. The molecule has 0 spiro atoms. The Morgan fingerprint density at radius 2 is 1.96 bits per heavy atom. The van der Waals surface area contributed by atoms with Crippen molar-refractivity contribution in [3.63, 3.8) is 0 Å². The minimum Gasteiger partial charge on any atom is -0.495 e. The molecule has 1 N–H and O–H groups in total. The van der Waals surface area contributed by atoms with E-state index in [0.717, 1.165) is 11.1 Å². The van der Waals surface area contributed by atoms with Crippen molar-refractivity contribution >= 4 is 29.1 Å². The van der Waals surface area contributed by atoms with Gasteiger partial charge in [0.25, 0.3) is 5.91 Å². The van der Waals surface area contributed by atoms with E-state index >= 15 is 0 Å². The largest absolute Gasteiger partial charge is 0.495 e. The number of halogens is 1. The number of hydrogen-bond acceptors (Lipinski definition) is 5. The Morgan fingerprint density at radius 1 is 1.21 bits per heavy atom. The van der Waals surface area contributed by atoms with Crippen molar-refractivity contribution in [3.8, 4) is 5.75 Å². The molecule has 2 aromatic carbocycles. The zero-order valence-corrected chi connectivity index (χ0v) is 16.7. The summed E-state index contributed by atoms with van der Waals surface area (Å²) in [4.78, 5) is 22.9. The van der Waals surface area contributed by atoms with Gasteiger partial charge in [0.1, 0.15) is 11.4 Å². The van der Waals surface area contributed by atoms with Crippen LogP contribution in [0.1, 0.15) is 21.6 Å². The zero-order valence-electron chi connectivity index (χ0n) is 15.9. The van der Waals surface area contributed by atoms with Gasteiger partial charge < -0.3 is 15.0 Å². The quantitative estimate of drug-likeness (QED) is 0.666. The first-order valence-electron chi connectivity index (χ1n) is 8.71. The number of aryl methyl sites for hydroxylation is 1. The van der Waals surface area contributed by atoms with Crippen LogP contribution in [0.15, 0.2) is 54.7 Å². The molecule has 0 aliphatic rings. The summed E-state index contributed by atoms with van der Waals surface area (Å²) in [7, 11) is 3.31. The van der Waals surface area contributed by atoms with Gasteiger partial charge in [0.2, 0.25) is 5.95 Å². The Bertz CT molecular complexity index is 979. The first-order valence-corrected chi connectivity index (χ1v) is 9.09. The van der Waals surface area contributed by atoms with Gasteiger partial charge in [-0.1, -0.05) is 41.9 Å². The van der Waals surface area contributed by atoms with E-state index in [-0.39, 0.29) is 5.91 Å². The van der Waals surface area contributed by atoms with Gasteiger partial charge in [0, 0.05) is 30.9 Å². The molecule has 7 heteroatoms. The van der Waals surface area contributed by atoms with E-state index in [1.165, 1.54) is 0 Å². The van der Waals surface area contributed by atoms with E-state index in [2.05, 4.69) is 15.3 Å². The van der Waals surface area contributed by atoms with Crippen LogP contribution in [0.25, 0.3) is 0 Å². The van der Waals surface area contributed by atoms with Crippen LogP contribution in [0.2, 0.25) is 5.02 Å². The van der Waals surface area contributed by atoms with Crippen molar-refractivity contribution in [2.24, 2.45) is 0 Å². The number of benzene rings is 2. The van der Waals surface area contributed by atoms with E-state index in [0.29, 0.717) is 34.6 Å². The van der Waals surface area contributed by atoms with Crippen LogP contribution in [0, 0.1) is 6.92 Å². The van der Waals surface area contributed by atoms with Gasteiger partial charge in [0.05, 0.1) is 12.8 Å². The number of anilines is 2. The summed E-state index contributed by atoms with van der Waals surface area (Å²) in [6.07, 6.45) is 1.55. The van der Waals surface area contributed by atoms with Crippen LogP contribution in [0.3, 0.4) is 0 Å². The molecule has 0 unspecified atom stereocenters. The van der Waals surface area contributed by atoms with E-state index < -0.39 is 0 Å². The molecule has 0 saturated heterocycles. The van der Waals surface area contributed by atoms with Crippen LogP contribution in [0.5, 0.6) is 5.75 Å². The maximum Gasteiger partial charge on any atom is 0.272 e. The number of rotatable bonds is 6. The van der Waals surface area contributed by atoms with Crippen LogP contribution < -0.4 is 10.1 Å². The maximum atomic E-state index is 12.7. The van der Waals surface area contributed by atoms with Gasteiger partial charge in [-0.3, -0.25) is 4.79 Å². The fourth-order valence-electron chi connectivity index (χ4n) is 2.71. The normalized spacial score (nSPS) is 10.4. The Morgan fingerprint density at radius 3 is 2.68 bits per heavy atom. The summed E-state index contributed by atoms with van der Waals surface area (Å²) >= 11 is 6.15. The number of nitrogens with zero attached hydrogens (tertiary/aromatic N) is 3. The highest BCUT2D eigenvalue weighted by molar-refractivity contribution is 6.31. The number of amides is 1. The van der Waals surface area contributed by atoms with E-state index in [1.54, 1.807) is 37.4 Å². The van der Waals surface area contributed by atoms with Gasteiger partial charge in [-0.05, 0) is 30.2 Å². The fourth-order valence-corrected chi connectivity index (χ4v) is 2.87. The third-order valence-corrected chi connectivity index (χ3v) is 4.62. The van der Waals surface area contributed by atoms with Crippen molar-refractivity contribution < 1.29 is 9.53 Å². The minimum atomic E-state index is -0.187. The summed E-state index contributed by atoms with van der Waals surface area (Å²) in [5, 5.41) is 3.71. The highest BCUT2D eigenvalue weighted by atomic mass is 35.5. The molecule has 0 aliphatic heterocycles. The topological polar surface area (TPSA) is 67.3 Å². The van der Waals surface area contributed by atoms with Crippen LogP contribution in [0.4, 0.5) is 11.6 Å². The number of carbonyl (C=O) groups is 1. The van der Waals surface area contributed by atoms with Gasteiger partial charge >= 0.3 is 0 Å². The van der Waals surface area contributed by atoms with E-state index in [4.69, 9.17) is 16.3 Å². The Labute approximate surface area is 169 Å². The molecule has 1 amide bonds. The number of ether oxygens (including phenoxy) is 1. The lowest BCUT2D eigenvalue weighted by Crippen LogP contribution is -2.27. The van der Waals surface area contributed by atoms with Crippen LogP contribution in [-0.4, -0.2) is 34.9 Å². The molecule has 6 nitrogen and oxygen atoms in total. The minimum absolute atomic E-state index is 0.187. The van der Waals surface area contributed by atoms with Crippen molar-refractivity contribution in [1.29, 1.82) is 0 Å². The number of nitrogens with one attached hydrogen (secondary N) is 1. The van der Waals surface area contributed by atoms with Crippen LogP contribution >= 0.6 is 11.6 Å². The molecule has 1 aromatic heterocycles. The second-order valence-electron chi connectivity index (χ2n) is 6.34. The van der Waals surface area contributed by atoms with Crippen molar-refractivity contribution in [2.45, 2.75) is 13.5 Å². The van der Waals surface area contributed by atoms with Gasteiger partial charge in [-0.25, -0.2) is 9.97 Å². The summed E-state index contributed by atoms with van der Waals surface area (Å²) < 4.78 is 5.36. The lowest BCUT2D eigenvalue weighted by molar-refractivity contribution is 0.0779. The molecule has 0 atom stereocenters. The summed E-state index contributed by atoms with van der Waals surface area (Å²) in [6, 6.07) is 15.0. The molecular formula is C21H21ClN4O2. The lowest BCUT2D eigenvalue weighted by Gasteiger charge is -2.17. The predicted octanol–water partition coefficient (Wildman–Crippen LogP) is 4.46. The third-order valence-electron chi connectivity index (χ3n) is 4.21. The fraction of sp³-hybridized carbons (Fsp3) is 0.190. The van der Waals surface area contributed by atoms with E-state index in [9.17, 15) is 4.79 Å². The van der Waals surface area contributed by atoms with Crippen molar-refractivity contribution in [1.82, 2.24) is 14.9 Å². The Hall–Kier alpha value is -3.12. The highest BCUT2D eigenvalue weighted by Gasteiger charge is 2.15. The van der Waals surface area contributed by atoms with Gasteiger partial charge in [0.15, 0.2) is 0 Å². The van der Waals surface area contributed by atoms with Crippen molar-refractivity contribution in [2.75, 3.05) is 19.5 Å². The van der Waals surface area contributed by atoms with E-state index in [1.807, 2.05) is 43.3 Å². The van der Waals surface area contributed by atoms with Gasteiger partial charge in [-0.15, -0.1) is 0 Å². The smallest absolute Gasteiger partial charge is 0.272 e. The second kappa shape index (κ2) is 8.71. The zero-order chi connectivity index (χ0) is 20.1. The average molecular weight is 397 g/mol. The van der Waals surface area contributed by atoms with Gasteiger partial charge in [-0.2, -0.15) is 0 Å². The molecule has 144 valence electrons. The summed E-state index contributed by atoms with van der Waals surface area (Å²) in [5.41, 5.74) is 2.92. The molecule has 0 bridgehead atoms.